The second kappa shape index (κ2) is 10.6. The Labute approximate surface area is 194 Å². The Morgan fingerprint density at radius 3 is 1.94 bits per heavy atom. The minimum atomic E-state index is -1.07. The molecule has 0 bridgehead atoms. The molecule has 0 N–H and O–H groups in total. The van der Waals surface area contributed by atoms with Crippen LogP contribution in [-0.2, 0) is 24.0 Å². The Morgan fingerprint density at radius 1 is 0.758 bits per heavy atom. The van der Waals surface area contributed by atoms with Crippen LogP contribution in [0.2, 0.25) is 0 Å². The molecule has 33 heavy (non-hydrogen) atoms. The number of aryl methyl sites for hydroxylation is 2. The summed E-state index contributed by atoms with van der Waals surface area (Å²) in [5.74, 6) is -3.43. The summed E-state index contributed by atoms with van der Waals surface area (Å²) in [5, 5.41) is 0. The molecule has 2 aliphatic rings. The largest absolute Gasteiger partial charge is 0.378 e. The molecule has 5 heteroatoms. The Hall–Kier alpha value is -1.88. The molecule has 1 fully saturated rings. The van der Waals surface area contributed by atoms with Crippen molar-refractivity contribution in [3.63, 3.8) is 0 Å². The summed E-state index contributed by atoms with van der Waals surface area (Å²) in [7, 11) is 0. The number of fused-ring (bicyclic) bond motifs is 3. The molecule has 180 valence electrons. The van der Waals surface area contributed by atoms with E-state index in [1.807, 2.05) is 6.92 Å². The third-order valence-corrected chi connectivity index (χ3v) is 7.29. The van der Waals surface area contributed by atoms with Gasteiger partial charge < -0.3 is 4.74 Å². The molecular formula is C28H34F4O. The first kappa shape index (κ1) is 24.3. The number of unbranched alkanes of at least 4 members (excludes halogenated alkanes) is 2. The number of hydrogen-bond acceptors (Lipinski definition) is 1. The van der Waals surface area contributed by atoms with Gasteiger partial charge >= 0.3 is 0 Å². The van der Waals surface area contributed by atoms with Crippen molar-refractivity contribution in [3.8, 4) is 11.1 Å². The van der Waals surface area contributed by atoms with Gasteiger partial charge in [-0.3, -0.25) is 0 Å². The summed E-state index contributed by atoms with van der Waals surface area (Å²) >= 11 is 0. The standard InChI is InChI=1S/C28H34F4O/c1-3-5-6-8-17-9-11-22(33-16-17)12-10-19-14-21-15-20-13-18(7-4-2)25(29)27(31)23(20)24(21)28(32)26(19)30/h13-14,17,22H,3-12,15-16H2,1-2H3. The number of halogens is 4. The minimum Gasteiger partial charge on any atom is -0.378 e. The molecule has 1 aliphatic carbocycles. The van der Waals surface area contributed by atoms with Gasteiger partial charge in [0.2, 0.25) is 0 Å². The van der Waals surface area contributed by atoms with Crippen molar-refractivity contribution in [2.75, 3.05) is 6.61 Å². The second-order valence-corrected chi connectivity index (χ2v) is 9.76. The average molecular weight is 463 g/mol. The quantitative estimate of drug-likeness (QED) is 0.231. The fourth-order valence-corrected chi connectivity index (χ4v) is 5.45. The zero-order chi connectivity index (χ0) is 23.5. The van der Waals surface area contributed by atoms with E-state index in [0.29, 0.717) is 60.3 Å². The Morgan fingerprint density at radius 2 is 1.39 bits per heavy atom. The van der Waals surface area contributed by atoms with E-state index in [1.165, 1.54) is 25.7 Å². The van der Waals surface area contributed by atoms with Crippen molar-refractivity contribution in [2.45, 2.75) is 90.6 Å². The highest BCUT2D eigenvalue weighted by atomic mass is 19.2. The van der Waals surface area contributed by atoms with Crippen LogP contribution in [0.1, 0.15) is 87.5 Å². The van der Waals surface area contributed by atoms with Crippen molar-refractivity contribution in [2.24, 2.45) is 5.92 Å². The van der Waals surface area contributed by atoms with Gasteiger partial charge in [-0.2, -0.15) is 0 Å². The lowest BCUT2D eigenvalue weighted by Crippen LogP contribution is -2.26. The fourth-order valence-electron chi connectivity index (χ4n) is 5.45. The molecule has 2 atom stereocenters. The van der Waals surface area contributed by atoms with Gasteiger partial charge in [0, 0.05) is 17.7 Å². The fraction of sp³-hybridized carbons (Fsp3) is 0.571. The van der Waals surface area contributed by atoms with Crippen LogP contribution in [-0.4, -0.2) is 12.7 Å². The van der Waals surface area contributed by atoms with Crippen LogP contribution in [0.3, 0.4) is 0 Å². The first-order valence-electron chi connectivity index (χ1n) is 12.6. The average Bonchev–Trinajstić information content (AvgIpc) is 3.18. The van der Waals surface area contributed by atoms with Crippen molar-refractivity contribution in [1.29, 1.82) is 0 Å². The van der Waals surface area contributed by atoms with Gasteiger partial charge in [-0.05, 0) is 73.1 Å². The molecule has 2 aromatic carbocycles. The van der Waals surface area contributed by atoms with Crippen molar-refractivity contribution < 1.29 is 22.3 Å². The van der Waals surface area contributed by atoms with E-state index in [-0.39, 0.29) is 17.2 Å². The summed E-state index contributed by atoms with van der Waals surface area (Å²) in [4.78, 5) is 0. The maximum Gasteiger partial charge on any atom is 0.167 e. The summed E-state index contributed by atoms with van der Waals surface area (Å²) in [6, 6.07) is 3.25. The number of ether oxygens (including phenoxy) is 1. The predicted molar refractivity (Wildman–Crippen MR) is 123 cm³/mol. The van der Waals surface area contributed by atoms with Crippen molar-refractivity contribution in [1.82, 2.24) is 0 Å². The molecule has 0 spiro atoms. The van der Waals surface area contributed by atoms with Crippen LogP contribution in [0.15, 0.2) is 12.1 Å². The van der Waals surface area contributed by atoms with E-state index in [2.05, 4.69) is 6.92 Å². The van der Waals surface area contributed by atoms with Crippen molar-refractivity contribution >= 4 is 0 Å². The Balaban J connectivity index is 1.46. The van der Waals surface area contributed by atoms with Crippen LogP contribution < -0.4 is 0 Å². The topological polar surface area (TPSA) is 9.23 Å². The molecule has 2 aromatic rings. The summed E-state index contributed by atoms with van der Waals surface area (Å²) in [6.45, 7) is 4.84. The highest BCUT2D eigenvalue weighted by Gasteiger charge is 2.32. The van der Waals surface area contributed by atoms with E-state index in [4.69, 9.17) is 4.74 Å². The van der Waals surface area contributed by atoms with E-state index in [1.54, 1.807) is 12.1 Å². The SMILES string of the molecule is CCCCCC1CCC(CCc2cc3c(c(F)c2F)-c2c(cc(CCC)c(F)c2F)C3)OC1. The summed E-state index contributed by atoms with van der Waals surface area (Å²) in [5.41, 5.74) is 1.43. The maximum atomic E-state index is 15.1. The first-order chi connectivity index (χ1) is 15.9. The zero-order valence-electron chi connectivity index (χ0n) is 19.7. The molecule has 0 saturated carbocycles. The molecule has 1 saturated heterocycles. The lowest BCUT2D eigenvalue weighted by atomic mass is 9.91. The minimum absolute atomic E-state index is 0.0588. The van der Waals surface area contributed by atoms with Gasteiger partial charge in [0.15, 0.2) is 23.3 Å². The molecule has 1 heterocycles. The highest BCUT2D eigenvalue weighted by Crippen LogP contribution is 2.43. The molecule has 0 aromatic heterocycles. The molecule has 1 nitrogen and oxygen atoms in total. The van der Waals surface area contributed by atoms with E-state index in [0.717, 1.165) is 19.4 Å². The third kappa shape index (κ3) is 4.99. The van der Waals surface area contributed by atoms with Crippen LogP contribution in [0.25, 0.3) is 11.1 Å². The normalized spacial score (nSPS) is 19.6. The Kier molecular flexibility index (Phi) is 7.78. The van der Waals surface area contributed by atoms with Crippen molar-refractivity contribution in [3.05, 3.63) is 57.7 Å². The van der Waals surface area contributed by atoms with E-state index < -0.39 is 23.3 Å². The number of hydrogen-bond donors (Lipinski definition) is 0. The monoisotopic (exact) mass is 462 g/mol. The Bertz CT molecular complexity index is 992. The van der Waals surface area contributed by atoms with Gasteiger partial charge in [-0.15, -0.1) is 0 Å². The summed E-state index contributed by atoms with van der Waals surface area (Å²) < 4.78 is 65.3. The second-order valence-electron chi connectivity index (χ2n) is 9.76. The third-order valence-electron chi connectivity index (χ3n) is 7.29. The lowest BCUT2D eigenvalue weighted by Gasteiger charge is -2.29. The maximum absolute atomic E-state index is 15.1. The van der Waals surface area contributed by atoms with Gasteiger partial charge in [-0.1, -0.05) is 51.7 Å². The molecule has 0 radical (unpaired) electrons. The predicted octanol–water partition coefficient (Wildman–Crippen LogP) is 8.07. The molecule has 1 aliphatic heterocycles. The molecule has 2 unspecified atom stereocenters. The number of rotatable bonds is 9. The first-order valence-corrected chi connectivity index (χ1v) is 12.6. The van der Waals surface area contributed by atoms with Gasteiger partial charge in [0.1, 0.15) is 0 Å². The number of benzene rings is 2. The lowest BCUT2D eigenvalue weighted by molar-refractivity contribution is -0.0220. The zero-order valence-corrected chi connectivity index (χ0v) is 19.7. The molecule has 4 rings (SSSR count). The van der Waals surface area contributed by atoms with E-state index in [9.17, 15) is 13.2 Å². The van der Waals surface area contributed by atoms with Gasteiger partial charge in [0.05, 0.1) is 6.10 Å². The van der Waals surface area contributed by atoms with Crippen LogP contribution in [0.4, 0.5) is 17.6 Å². The smallest absolute Gasteiger partial charge is 0.167 e. The van der Waals surface area contributed by atoms with Crippen LogP contribution in [0, 0.1) is 29.2 Å². The molecular weight excluding hydrogens is 428 g/mol. The van der Waals surface area contributed by atoms with Crippen LogP contribution >= 0.6 is 0 Å². The van der Waals surface area contributed by atoms with Crippen LogP contribution in [0.5, 0.6) is 0 Å². The van der Waals surface area contributed by atoms with Gasteiger partial charge in [-0.25, -0.2) is 17.6 Å². The molecule has 0 amide bonds. The van der Waals surface area contributed by atoms with E-state index >= 15 is 4.39 Å². The highest BCUT2D eigenvalue weighted by molar-refractivity contribution is 5.79. The summed E-state index contributed by atoms with van der Waals surface area (Å²) in [6.07, 6.45) is 9.42. The van der Waals surface area contributed by atoms with Gasteiger partial charge in [0.25, 0.3) is 0 Å².